The number of aryl methyl sites for hydroxylation is 1. The van der Waals surface area contributed by atoms with Gasteiger partial charge in [-0.3, -0.25) is 9.59 Å². The lowest BCUT2D eigenvalue weighted by Gasteiger charge is -1.96. The summed E-state index contributed by atoms with van der Waals surface area (Å²) in [6.07, 6.45) is 1.17. The van der Waals surface area contributed by atoms with Crippen LogP contribution < -0.4 is 0 Å². The van der Waals surface area contributed by atoms with Crippen molar-refractivity contribution in [2.75, 3.05) is 0 Å². The molecule has 2 aromatic carbocycles. The predicted molar refractivity (Wildman–Crippen MR) is 86.9 cm³/mol. The van der Waals surface area contributed by atoms with Crippen LogP contribution in [0.2, 0.25) is 0 Å². The monoisotopic (exact) mass is 282 g/mol. The minimum absolute atomic E-state index is 0.209. The molecule has 0 bridgehead atoms. The van der Waals surface area contributed by atoms with Crippen LogP contribution in [0.1, 0.15) is 53.0 Å². The zero-order chi connectivity index (χ0) is 15.7. The molecule has 0 N–H and O–H groups in total. The quantitative estimate of drug-likeness (QED) is 0.750. The fourth-order valence-electron chi connectivity index (χ4n) is 1.77. The molecule has 0 aliphatic carbocycles. The summed E-state index contributed by atoms with van der Waals surface area (Å²) in [5, 5.41) is 0. The van der Waals surface area contributed by atoms with E-state index in [4.69, 9.17) is 0 Å². The number of ketones is 2. The van der Waals surface area contributed by atoms with Crippen molar-refractivity contribution in [1.82, 2.24) is 0 Å². The Morgan fingerprint density at radius 3 is 1.57 bits per heavy atom. The minimum atomic E-state index is 0.209. The Morgan fingerprint density at radius 2 is 1.14 bits per heavy atom. The summed E-state index contributed by atoms with van der Waals surface area (Å²) in [6.45, 7) is 5.76. The summed E-state index contributed by atoms with van der Waals surface area (Å²) in [5.74, 6) is 0.422. The van der Waals surface area contributed by atoms with Gasteiger partial charge in [0.05, 0.1) is 0 Å². The van der Waals surface area contributed by atoms with Crippen molar-refractivity contribution >= 4 is 11.6 Å². The average molecular weight is 282 g/mol. The van der Waals surface area contributed by atoms with Crippen LogP contribution >= 0.6 is 0 Å². The molecule has 0 unspecified atom stereocenters. The van der Waals surface area contributed by atoms with Crippen LogP contribution in [0.3, 0.4) is 0 Å². The van der Waals surface area contributed by atoms with E-state index in [-0.39, 0.29) is 11.6 Å². The summed E-state index contributed by atoms with van der Waals surface area (Å²) in [4.78, 5) is 22.1. The molecule has 0 aromatic heterocycles. The molecular weight excluding hydrogens is 260 g/mol. The van der Waals surface area contributed by atoms with Crippen LogP contribution in [0.5, 0.6) is 0 Å². The molecule has 0 spiro atoms. The summed E-state index contributed by atoms with van der Waals surface area (Å²) >= 11 is 0. The molecule has 110 valence electrons. The van der Waals surface area contributed by atoms with Crippen molar-refractivity contribution in [2.45, 2.75) is 33.6 Å². The van der Waals surface area contributed by atoms with E-state index >= 15 is 0 Å². The van der Waals surface area contributed by atoms with Crippen molar-refractivity contribution in [3.63, 3.8) is 0 Å². The van der Waals surface area contributed by atoms with Gasteiger partial charge in [0.15, 0.2) is 11.6 Å². The van der Waals surface area contributed by atoms with Gasteiger partial charge in [0, 0.05) is 24.0 Å². The lowest BCUT2D eigenvalue weighted by molar-refractivity contribution is 0.0980. The van der Waals surface area contributed by atoms with E-state index < -0.39 is 0 Å². The van der Waals surface area contributed by atoms with Crippen LogP contribution in [0.25, 0.3) is 0 Å². The Morgan fingerprint density at radius 1 is 0.714 bits per heavy atom. The van der Waals surface area contributed by atoms with Gasteiger partial charge >= 0.3 is 0 Å². The van der Waals surface area contributed by atoms with E-state index in [1.165, 1.54) is 5.56 Å². The first-order valence-corrected chi connectivity index (χ1v) is 7.26. The zero-order valence-electron chi connectivity index (χ0n) is 12.9. The van der Waals surface area contributed by atoms with E-state index in [9.17, 15) is 9.59 Å². The fourth-order valence-corrected chi connectivity index (χ4v) is 1.77. The Labute approximate surface area is 126 Å². The van der Waals surface area contributed by atoms with Crippen molar-refractivity contribution in [3.8, 4) is 0 Å². The summed E-state index contributed by atoms with van der Waals surface area (Å²) in [5.41, 5.74) is 2.82. The molecule has 0 amide bonds. The van der Waals surface area contributed by atoms with Crippen LogP contribution in [0.15, 0.2) is 54.6 Å². The predicted octanol–water partition coefficient (Wildman–Crippen LogP) is 4.87. The first kappa shape index (κ1) is 16.8. The fraction of sp³-hybridized carbons (Fsp3) is 0.263. The average Bonchev–Trinajstić information content (AvgIpc) is 2.55. The van der Waals surface area contributed by atoms with E-state index in [0.29, 0.717) is 12.8 Å². The van der Waals surface area contributed by atoms with Gasteiger partial charge in [-0.15, -0.1) is 0 Å². The Kier molecular flexibility index (Phi) is 7.10. The molecule has 0 saturated heterocycles. The van der Waals surface area contributed by atoms with Crippen molar-refractivity contribution < 1.29 is 9.59 Å². The third kappa shape index (κ3) is 5.74. The van der Waals surface area contributed by atoms with Gasteiger partial charge < -0.3 is 0 Å². The summed E-state index contributed by atoms with van der Waals surface area (Å²) in [6, 6.07) is 17.0. The van der Waals surface area contributed by atoms with Crippen molar-refractivity contribution in [3.05, 3.63) is 71.3 Å². The number of carbonyl (C=O) groups excluding carboxylic acids is 2. The number of hydrogen-bond acceptors (Lipinski definition) is 2. The van der Waals surface area contributed by atoms with Gasteiger partial charge in [0.25, 0.3) is 0 Å². The van der Waals surface area contributed by atoms with Gasteiger partial charge in [-0.05, 0) is 6.92 Å². The molecule has 0 saturated carbocycles. The molecule has 2 aromatic rings. The SMILES string of the molecule is CCC(=O)c1ccc(C)cc1.CCC(=O)c1ccccc1. The number of rotatable bonds is 4. The van der Waals surface area contributed by atoms with Gasteiger partial charge in [0.2, 0.25) is 0 Å². The second kappa shape index (κ2) is 8.85. The van der Waals surface area contributed by atoms with Gasteiger partial charge in [-0.25, -0.2) is 0 Å². The van der Waals surface area contributed by atoms with E-state index in [1.54, 1.807) is 0 Å². The molecule has 0 aliphatic heterocycles. The maximum Gasteiger partial charge on any atom is 0.162 e. The lowest BCUT2D eigenvalue weighted by atomic mass is 10.1. The number of hydrogen-bond donors (Lipinski definition) is 0. The Hall–Kier alpha value is -2.22. The number of Topliss-reactive ketones (excluding diaryl/α,β-unsaturated/α-hetero) is 2. The first-order chi connectivity index (χ1) is 10.1. The number of carbonyl (C=O) groups is 2. The third-order valence-corrected chi connectivity index (χ3v) is 3.11. The Balaban J connectivity index is 0.000000211. The second-order valence-electron chi connectivity index (χ2n) is 4.79. The van der Waals surface area contributed by atoms with Gasteiger partial charge in [-0.2, -0.15) is 0 Å². The van der Waals surface area contributed by atoms with Crippen molar-refractivity contribution in [1.29, 1.82) is 0 Å². The third-order valence-electron chi connectivity index (χ3n) is 3.11. The van der Waals surface area contributed by atoms with E-state index in [0.717, 1.165) is 11.1 Å². The highest BCUT2D eigenvalue weighted by Crippen LogP contribution is 2.05. The standard InChI is InChI=1S/C10H12O.C9H10O/c1-3-10(11)9-6-4-8(2)5-7-9;1-2-9(10)8-6-4-3-5-7-8/h4-7H,3H2,1-2H3;3-7H,2H2,1H3. The molecule has 2 nitrogen and oxygen atoms in total. The molecular formula is C19H22O2. The molecule has 0 radical (unpaired) electrons. The van der Waals surface area contributed by atoms with E-state index in [1.807, 2.05) is 75.4 Å². The van der Waals surface area contributed by atoms with Crippen LogP contribution in [0.4, 0.5) is 0 Å². The molecule has 21 heavy (non-hydrogen) atoms. The summed E-state index contributed by atoms with van der Waals surface area (Å²) < 4.78 is 0. The highest BCUT2D eigenvalue weighted by Gasteiger charge is 2.00. The number of benzene rings is 2. The molecule has 2 rings (SSSR count). The lowest BCUT2D eigenvalue weighted by Crippen LogP contribution is -1.95. The molecule has 0 heterocycles. The van der Waals surface area contributed by atoms with Crippen LogP contribution in [-0.4, -0.2) is 11.6 Å². The van der Waals surface area contributed by atoms with Gasteiger partial charge in [0.1, 0.15) is 0 Å². The van der Waals surface area contributed by atoms with Crippen LogP contribution in [0, 0.1) is 6.92 Å². The molecule has 0 atom stereocenters. The highest BCUT2D eigenvalue weighted by atomic mass is 16.1. The highest BCUT2D eigenvalue weighted by molar-refractivity contribution is 5.96. The second-order valence-corrected chi connectivity index (χ2v) is 4.79. The largest absolute Gasteiger partial charge is 0.294 e. The molecule has 0 aliphatic rings. The zero-order valence-corrected chi connectivity index (χ0v) is 12.9. The molecule has 2 heteroatoms. The maximum atomic E-state index is 11.1. The normalized spacial score (nSPS) is 9.48. The smallest absolute Gasteiger partial charge is 0.162 e. The molecule has 0 fully saturated rings. The minimum Gasteiger partial charge on any atom is -0.294 e. The maximum absolute atomic E-state index is 11.1. The Bertz CT molecular complexity index is 568. The van der Waals surface area contributed by atoms with E-state index in [2.05, 4.69) is 0 Å². The topological polar surface area (TPSA) is 34.1 Å². The van der Waals surface area contributed by atoms with Crippen LogP contribution in [-0.2, 0) is 0 Å². The van der Waals surface area contributed by atoms with Gasteiger partial charge in [-0.1, -0.05) is 74.0 Å². The summed E-state index contributed by atoms with van der Waals surface area (Å²) in [7, 11) is 0. The van der Waals surface area contributed by atoms with Crippen molar-refractivity contribution in [2.24, 2.45) is 0 Å². The first-order valence-electron chi connectivity index (χ1n) is 7.26.